The second-order valence-electron chi connectivity index (χ2n) is 31.9. The van der Waals surface area contributed by atoms with Crippen molar-refractivity contribution in [3.63, 3.8) is 0 Å². The van der Waals surface area contributed by atoms with Crippen molar-refractivity contribution in [2.75, 3.05) is 44.8 Å². The lowest BCUT2D eigenvalue weighted by molar-refractivity contribution is -0.144. The fourth-order valence-electron chi connectivity index (χ4n) is 13.1. The molecule has 4 rings (SSSR count). The predicted octanol–water partition coefficient (Wildman–Crippen LogP) is -5.19. The van der Waals surface area contributed by atoms with E-state index in [1.165, 1.54) is 67.2 Å². The molecule has 0 bridgehead atoms. The first-order chi connectivity index (χ1) is 60.6. The van der Waals surface area contributed by atoms with Crippen LogP contribution in [0.5, 0.6) is 11.5 Å². The Kier molecular flexibility index (Phi) is 47.5. The number of aromatic hydroxyl groups is 2. The molecular formula is C84H129N21O22S. The first-order valence-corrected chi connectivity index (χ1v) is 43.8. The van der Waals surface area contributed by atoms with E-state index in [1.54, 1.807) is 64.4 Å². The van der Waals surface area contributed by atoms with Gasteiger partial charge in [-0.1, -0.05) is 70.2 Å². The number of hydrogen-bond acceptors (Lipinski definition) is 26. The number of amides is 16. The summed E-state index contributed by atoms with van der Waals surface area (Å²) in [6, 6.07) is -3.57. The molecule has 0 aliphatic carbocycles. The third-order valence-corrected chi connectivity index (χ3v) is 21.1. The molecule has 0 saturated carbocycles. The maximum absolute atomic E-state index is 14.9. The lowest BCUT2D eigenvalue weighted by Gasteiger charge is -2.28. The van der Waals surface area contributed by atoms with Crippen molar-refractivity contribution in [1.29, 1.82) is 0 Å². The van der Waals surface area contributed by atoms with Gasteiger partial charge in [0.1, 0.15) is 90.0 Å². The molecule has 43 nitrogen and oxygen atoms in total. The van der Waals surface area contributed by atoms with Crippen molar-refractivity contribution in [2.24, 2.45) is 46.2 Å². The second-order valence-corrected chi connectivity index (χ2v) is 32.9. The maximum Gasteiger partial charge on any atom is 0.326 e. The summed E-state index contributed by atoms with van der Waals surface area (Å²) in [7, 11) is 0. The Morgan fingerprint density at radius 1 is 0.430 bits per heavy atom. The van der Waals surface area contributed by atoms with Crippen molar-refractivity contribution >= 4 is 123 Å². The number of aliphatic hydroxyl groups is 2. The molecule has 0 radical (unpaired) electrons. The van der Waals surface area contributed by atoms with E-state index in [4.69, 9.17) is 34.4 Å². The summed E-state index contributed by atoms with van der Waals surface area (Å²) in [6.07, 6.45) is 0.457. The van der Waals surface area contributed by atoms with Crippen LogP contribution in [0.2, 0.25) is 0 Å². The molecule has 0 unspecified atom stereocenters. The van der Waals surface area contributed by atoms with E-state index in [9.17, 15) is 107 Å². The third-order valence-electron chi connectivity index (χ3n) is 20.5. The fourth-order valence-corrected chi connectivity index (χ4v) is 13.6. The Morgan fingerprint density at radius 2 is 0.836 bits per heavy atom. The van der Waals surface area contributed by atoms with Gasteiger partial charge in [0.2, 0.25) is 94.5 Å². The molecule has 128 heavy (non-hydrogen) atoms. The van der Waals surface area contributed by atoms with Crippen LogP contribution in [0.1, 0.15) is 148 Å². The number of thioether (sulfide) groups is 1. The van der Waals surface area contributed by atoms with E-state index >= 15 is 0 Å². The van der Waals surface area contributed by atoms with Gasteiger partial charge in [0, 0.05) is 42.8 Å². The molecule has 3 aromatic carbocycles. The van der Waals surface area contributed by atoms with Gasteiger partial charge in [-0.2, -0.15) is 11.8 Å². The van der Waals surface area contributed by atoms with E-state index < -0.39 is 224 Å². The zero-order valence-electron chi connectivity index (χ0n) is 73.1. The number of H-pyrrole nitrogens is 1. The SMILES string of the molecule is CSCC[C@H](NC(=O)[C@@H](NC(=O)[C@H](Cc1ccc(O)cc1)NC(=O)[C@H](Cc1ccc(O)cc1)NC(=O)CNC(=O)[C@H](CCCCN)NC(=O)[C@H](CCCCN)NC(=O)[C@H](C)NC(=O)[C@H](Cc1c[nH]c2ccccc12)NC(=O)[C@H](CCC(N)=O)NC(=O)[C@H](CC(C)C)NC(=O)[C@@H](N)C(C)C)[C@@H](C)O)C(=O)N[C@@H](CCCCN)C(=O)N[C@@H](CO)C(=O)N[C@@H](CC(N)=O)C(=O)O. The number of aromatic nitrogens is 1. The number of para-hydroxylation sites is 1. The molecule has 0 aliphatic heterocycles. The molecule has 16 amide bonds. The van der Waals surface area contributed by atoms with Gasteiger partial charge in [0.05, 0.1) is 31.7 Å². The van der Waals surface area contributed by atoms with Crippen molar-refractivity contribution in [1.82, 2.24) is 79.4 Å². The Balaban J connectivity index is 1.61. The summed E-state index contributed by atoms with van der Waals surface area (Å²) < 4.78 is 0. The zero-order chi connectivity index (χ0) is 95.4. The number of aromatic amines is 1. The number of carboxylic acids is 1. The minimum Gasteiger partial charge on any atom is -0.508 e. The zero-order valence-corrected chi connectivity index (χ0v) is 73.9. The molecule has 708 valence electrons. The number of nitrogens with two attached hydrogens (primary N) is 6. The number of rotatable bonds is 60. The molecule has 32 N–H and O–H groups in total. The summed E-state index contributed by atoms with van der Waals surface area (Å²) in [5, 5.41) is 87.2. The summed E-state index contributed by atoms with van der Waals surface area (Å²) in [6.45, 7) is 8.02. The standard InChI is InChI=1S/C84H129N21O22S/c1-44(2)36-60(102-82(124)69(90)45(3)4)78(120)98-58(29-30-66(88)110)75(117)101-63(39-50-41-91-54-17-9-8-16-53(50)54)77(119)93-46(5)71(113)95-56(19-11-14-33-86)73(115)96-55(18-10-13-32-85)72(114)92-42-68(112)94-61(37-48-21-25-51(108)26-22-48)79(121)100-62(38-49-23-27-52(109)28-24-49)80(122)105-70(47(6)107)83(125)99-59(31-35-128-7)76(118)97-57(20-12-15-34-87)74(116)104-65(43-106)81(123)103-64(84(126)127)40-67(89)111/h8-9,16-17,21-28,41,44-47,55-65,69-70,91,106-109H,10-15,18-20,29-40,42-43,85-87,90H2,1-7H3,(H2,88,110)(H2,89,111)(H,92,114)(H,93,119)(H,94,112)(H,95,113)(H,96,115)(H,97,118)(H,98,120)(H,99,125)(H,100,121)(H,101,117)(H,102,124)(H,103,123)(H,104,116)(H,105,122)(H,126,127)/t46-,47+,55-,56-,57-,58-,59-,60-,61-,62-,63-,64-,65-,69-,70-/m0/s1. The largest absolute Gasteiger partial charge is 0.508 e. The predicted molar refractivity (Wildman–Crippen MR) is 472 cm³/mol. The number of fused-ring (bicyclic) bond motifs is 1. The van der Waals surface area contributed by atoms with Crippen LogP contribution >= 0.6 is 11.8 Å². The van der Waals surface area contributed by atoms with Crippen molar-refractivity contribution in [2.45, 2.75) is 241 Å². The topological polar surface area (TPSA) is 732 Å². The van der Waals surface area contributed by atoms with Crippen molar-refractivity contribution in [3.8, 4) is 11.5 Å². The first kappa shape index (κ1) is 108. The summed E-state index contributed by atoms with van der Waals surface area (Å²) >= 11 is 1.24. The number of carbonyl (C=O) groups excluding carboxylic acids is 16. The monoisotopic (exact) mass is 1820 g/mol. The minimum atomic E-state index is -1.92. The average Bonchev–Trinajstić information content (AvgIpc) is 1.67. The summed E-state index contributed by atoms with van der Waals surface area (Å²) in [5.74, 6) is -17.8. The molecular weight excluding hydrogens is 1690 g/mol. The third kappa shape index (κ3) is 38.2. The lowest BCUT2D eigenvalue weighted by Crippen LogP contribution is -2.62. The van der Waals surface area contributed by atoms with Gasteiger partial charge in [-0.3, -0.25) is 76.7 Å². The smallest absolute Gasteiger partial charge is 0.326 e. The number of hydrogen-bond donors (Lipinski definition) is 26. The Labute approximate surface area is 745 Å². The van der Waals surface area contributed by atoms with Gasteiger partial charge in [-0.25, -0.2) is 4.79 Å². The van der Waals surface area contributed by atoms with Crippen LogP contribution in [-0.2, 0) is 101 Å². The van der Waals surface area contributed by atoms with Gasteiger partial charge >= 0.3 is 5.97 Å². The van der Waals surface area contributed by atoms with Crippen LogP contribution in [0.3, 0.4) is 0 Å². The molecule has 0 fully saturated rings. The van der Waals surface area contributed by atoms with E-state index in [0.29, 0.717) is 46.9 Å². The first-order valence-electron chi connectivity index (χ1n) is 42.4. The second kappa shape index (κ2) is 56.2. The molecule has 1 aromatic heterocycles. The molecule has 0 saturated heterocycles. The number of carboxylic acid groups (broad SMARTS) is 1. The molecule has 0 spiro atoms. The van der Waals surface area contributed by atoms with E-state index in [0.717, 1.165) is 6.92 Å². The number of phenolic OH excluding ortho intramolecular Hbond substituents is 2. The van der Waals surface area contributed by atoms with Crippen LogP contribution in [0.25, 0.3) is 10.9 Å². The van der Waals surface area contributed by atoms with Gasteiger partial charge in [0.15, 0.2) is 0 Å². The fraction of sp³-hybridized carbons (Fsp3) is 0.560. The van der Waals surface area contributed by atoms with Crippen LogP contribution in [-0.4, -0.2) is 266 Å². The van der Waals surface area contributed by atoms with Crippen molar-refractivity contribution < 1.29 is 107 Å². The van der Waals surface area contributed by atoms with Gasteiger partial charge in [0.25, 0.3) is 0 Å². The number of carbonyl (C=O) groups is 17. The molecule has 1 heterocycles. The maximum atomic E-state index is 14.9. The average molecular weight is 1820 g/mol. The number of phenols is 2. The summed E-state index contributed by atoms with van der Waals surface area (Å²) in [4.78, 5) is 238. The number of aliphatic hydroxyl groups excluding tert-OH is 2. The number of unbranched alkanes of at least 4 members (excludes halogenated alkanes) is 3. The Morgan fingerprint density at radius 3 is 1.30 bits per heavy atom. The highest BCUT2D eigenvalue weighted by Crippen LogP contribution is 2.22. The number of benzene rings is 3. The quantitative estimate of drug-likeness (QED) is 0.0184. The normalized spacial score (nSPS) is 14.8. The minimum absolute atomic E-state index is 0.0635. The number of primary amides is 2. The van der Waals surface area contributed by atoms with E-state index in [-0.39, 0.29) is 119 Å². The van der Waals surface area contributed by atoms with Gasteiger partial charge in [-0.05, 0) is 181 Å². The molecule has 15 atom stereocenters. The van der Waals surface area contributed by atoms with Crippen LogP contribution in [0.15, 0.2) is 79.0 Å². The van der Waals surface area contributed by atoms with E-state index in [1.807, 2.05) is 5.32 Å². The Bertz CT molecular complexity index is 4370. The van der Waals surface area contributed by atoms with Crippen molar-refractivity contribution in [3.05, 3.63) is 95.7 Å². The van der Waals surface area contributed by atoms with E-state index in [2.05, 4.69) is 74.1 Å². The Hall–Kier alpha value is -12.1. The summed E-state index contributed by atoms with van der Waals surface area (Å²) in [5.41, 5.74) is 36.0. The highest BCUT2D eigenvalue weighted by molar-refractivity contribution is 7.98. The van der Waals surface area contributed by atoms with Gasteiger partial charge in [-0.15, -0.1) is 0 Å². The lowest BCUT2D eigenvalue weighted by atomic mass is 9.99. The highest BCUT2D eigenvalue weighted by atomic mass is 32.2. The molecule has 4 aromatic rings. The van der Waals surface area contributed by atoms with Crippen LogP contribution in [0.4, 0.5) is 0 Å². The molecule has 44 heteroatoms. The highest BCUT2D eigenvalue weighted by Gasteiger charge is 2.39. The number of aliphatic carboxylic acids is 1. The van der Waals surface area contributed by atoms with Crippen LogP contribution in [0, 0.1) is 11.8 Å². The molecule has 0 aliphatic rings. The van der Waals surface area contributed by atoms with Crippen LogP contribution < -0.4 is 109 Å². The van der Waals surface area contributed by atoms with Gasteiger partial charge < -0.3 is 139 Å². The number of nitrogens with one attached hydrogen (secondary N) is 15.